The molecule has 2 aromatic rings. The molecule has 6 heteroatoms. The molecule has 1 unspecified atom stereocenters. The van der Waals surface area contributed by atoms with Crippen LogP contribution in [0.3, 0.4) is 0 Å². The third-order valence-electron chi connectivity index (χ3n) is 3.13. The molecular formula is C14H12BrN5. The Hall–Kier alpha value is -2.15. The fourth-order valence-corrected chi connectivity index (χ4v) is 2.32. The van der Waals surface area contributed by atoms with Gasteiger partial charge >= 0.3 is 0 Å². The summed E-state index contributed by atoms with van der Waals surface area (Å²) >= 11 is 3.43. The number of nitrogens with one attached hydrogen (secondary N) is 1. The standard InChI is InChI=1S/C14H12BrN5/c1-9(18-2)11-4-3-10(15)5-13(11)20-8-19-12(6-16)14(20)7-17/h3-5,8-9,18H,1-2H3. The van der Waals surface area contributed by atoms with Crippen molar-refractivity contribution in [3.63, 3.8) is 0 Å². The topological polar surface area (TPSA) is 77.4 Å². The van der Waals surface area contributed by atoms with Gasteiger partial charge in [-0.1, -0.05) is 22.0 Å². The van der Waals surface area contributed by atoms with Crippen molar-refractivity contribution in [3.8, 4) is 17.8 Å². The van der Waals surface area contributed by atoms with E-state index >= 15 is 0 Å². The summed E-state index contributed by atoms with van der Waals surface area (Å²) in [6.45, 7) is 2.03. The largest absolute Gasteiger partial charge is 0.313 e. The Bertz CT molecular complexity index is 720. The number of aromatic nitrogens is 2. The van der Waals surface area contributed by atoms with E-state index < -0.39 is 0 Å². The first-order chi connectivity index (χ1) is 9.62. The molecule has 100 valence electrons. The minimum absolute atomic E-state index is 0.109. The van der Waals surface area contributed by atoms with Crippen LogP contribution in [-0.2, 0) is 0 Å². The fourth-order valence-electron chi connectivity index (χ4n) is 1.97. The summed E-state index contributed by atoms with van der Waals surface area (Å²) in [5.41, 5.74) is 2.23. The van der Waals surface area contributed by atoms with Gasteiger partial charge in [0, 0.05) is 10.5 Å². The zero-order chi connectivity index (χ0) is 14.7. The number of imidazole rings is 1. The monoisotopic (exact) mass is 329 g/mol. The molecule has 1 atom stereocenters. The van der Waals surface area contributed by atoms with Crippen LogP contribution in [0.4, 0.5) is 0 Å². The highest BCUT2D eigenvalue weighted by atomic mass is 79.9. The van der Waals surface area contributed by atoms with Gasteiger partial charge in [0.25, 0.3) is 0 Å². The Kier molecular flexibility index (Phi) is 4.19. The van der Waals surface area contributed by atoms with Crippen molar-refractivity contribution in [1.82, 2.24) is 14.9 Å². The summed E-state index contributed by atoms with van der Waals surface area (Å²) in [4.78, 5) is 3.98. The highest BCUT2D eigenvalue weighted by Gasteiger charge is 2.16. The van der Waals surface area contributed by atoms with E-state index in [4.69, 9.17) is 5.26 Å². The summed E-state index contributed by atoms with van der Waals surface area (Å²) in [6, 6.07) is 9.92. The number of hydrogen-bond donors (Lipinski definition) is 1. The van der Waals surface area contributed by atoms with Gasteiger partial charge in [0.2, 0.25) is 0 Å². The molecule has 20 heavy (non-hydrogen) atoms. The van der Waals surface area contributed by atoms with Crippen molar-refractivity contribution in [3.05, 3.63) is 46.0 Å². The van der Waals surface area contributed by atoms with Crippen molar-refractivity contribution in [2.75, 3.05) is 7.05 Å². The molecule has 0 aliphatic carbocycles. The second-order valence-electron chi connectivity index (χ2n) is 4.25. The van der Waals surface area contributed by atoms with Crippen LogP contribution in [-0.4, -0.2) is 16.6 Å². The predicted octanol–water partition coefficient (Wildman–Crippen LogP) is 2.66. The van der Waals surface area contributed by atoms with Crippen molar-refractivity contribution in [2.24, 2.45) is 0 Å². The van der Waals surface area contributed by atoms with Gasteiger partial charge in [-0.25, -0.2) is 4.98 Å². The SMILES string of the molecule is CNC(C)c1ccc(Br)cc1-n1cnc(C#N)c1C#N. The number of benzene rings is 1. The number of rotatable bonds is 3. The quantitative estimate of drug-likeness (QED) is 0.938. The van der Waals surface area contributed by atoms with Crippen LogP contribution in [0, 0.1) is 22.7 Å². The smallest absolute Gasteiger partial charge is 0.177 e. The molecule has 1 aromatic carbocycles. The van der Waals surface area contributed by atoms with Crippen LogP contribution >= 0.6 is 15.9 Å². The molecule has 0 bridgehead atoms. The molecule has 0 aliphatic rings. The third-order valence-corrected chi connectivity index (χ3v) is 3.62. The minimum atomic E-state index is 0.109. The highest BCUT2D eigenvalue weighted by molar-refractivity contribution is 9.10. The zero-order valence-electron chi connectivity index (χ0n) is 11.1. The third kappa shape index (κ3) is 2.44. The van der Waals surface area contributed by atoms with Crippen molar-refractivity contribution >= 4 is 15.9 Å². The number of hydrogen-bond acceptors (Lipinski definition) is 4. The molecular weight excluding hydrogens is 318 g/mol. The van der Waals surface area contributed by atoms with Crippen LogP contribution in [0.25, 0.3) is 5.69 Å². The Morgan fingerprint density at radius 3 is 2.70 bits per heavy atom. The van der Waals surface area contributed by atoms with Gasteiger partial charge in [0.05, 0.1) is 5.69 Å². The van der Waals surface area contributed by atoms with Gasteiger partial charge in [-0.3, -0.25) is 4.57 Å². The van der Waals surface area contributed by atoms with Gasteiger partial charge in [-0.05, 0) is 31.7 Å². The first-order valence-electron chi connectivity index (χ1n) is 5.97. The zero-order valence-corrected chi connectivity index (χ0v) is 12.6. The van der Waals surface area contributed by atoms with E-state index in [2.05, 4.69) is 26.2 Å². The molecule has 0 amide bonds. The molecule has 0 aliphatic heterocycles. The highest BCUT2D eigenvalue weighted by Crippen LogP contribution is 2.27. The molecule has 0 saturated heterocycles. The molecule has 0 fully saturated rings. The molecule has 1 heterocycles. The summed E-state index contributed by atoms with van der Waals surface area (Å²) in [5, 5.41) is 21.4. The van der Waals surface area contributed by atoms with Gasteiger partial charge in [-0.2, -0.15) is 10.5 Å². The second-order valence-corrected chi connectivity index (χ2v) is 5.16. The Morgan fingerprint density at radius 2 is 2.10 bits per heavy atom. The first kappa shape index (κ1) is 14.3. The van der Waals surface area contributed by atoms with Crippen LogP contribution < -0.4 is 5.32 Å². The van der Waals surface area contributed by atoms with Gasteiger partial charge in [0.15, 0.2) is 11.4 Å². The lowest BCUT2D eigenvalue weighted by Gasteiger charge is -2.17. The van der Waals surface area contributed by atoms with E-state index in [0.29, 0.717) is 0 Å². The van der Waals surface area contributed by atoms with Crippen molar-refractivity contribution in [2.45, 2.75) is 13.0 Å². The molecule has 2 rings (SSSR count). The Labute approximate surface area is 125 Å². The van der Waals surface area contributed by atoms with E-state index in [1.54, 1.807) is 4.57 Å². The van der Waals surface area contributed by atoms with E-state index in [0.717, 1.165) is 15.7 Å². The maximum atomic E-state index is 9.25. The average molecular weight is 330 g/mol. The summed E-state index contributed by atoms with van der Waals surface area (Å²) in [6.07, 6.45) is 1.50. The molecule has 0 spiro atoms. The van der Waals surface area contributed by atoms with Gasteiger partial charge < -0.3 is 5.32 Å². The van der Waals surface area contributed by atoms with E-state index in [1.165, 1.54) is 6.33 Å². The molecule has 0 saturated carbocycles. The van der Waals surface area contributed by atoms with Crippen LogP contribution in [0.5, 0.6) is 0 Å². The van der Waals surface area contributed by atoms with Crippen molar-refractivity contribution < 1.29 is 0 Å². The Balaban J connectivity index is 2.70. The molecule has 1 aromatic heterocycles. The number of nitriles is 2. The normalized spacial score (nSPS) is 11.7. The van der Waals surface area contributed by atoms with Gasteiger partial charge in [-0.15, -0.1) is 0 Å². The van der Waals surface area contributed by atoms with E-state index in [9.17, 15) is 5.26 Å². The Morgan fingerprint density at radius 1 is 1.35 bits per heavy atom. The molecule has 1 N–H and O–H groups in total. The van der Waals surface area contributed by atoms with Crippen LogP contribution in [0.15, 0.2) is 29.0 Å². The fraction of sp³-hybridized carbons (Fsp3) is 0.214. The lowest BCUT2D eigenvalue weighted by molar-refractivity contribution is 0.647. The summed E-state index contributed by atoms with van der Waals surface area (Å²) in [7, 11) is 1.87. The van der Waals surface area contributed by atoms with E-state index in [-0.39, 0.29) is 17.4 Å². The first-order valence-corrected chi connectivity index (χ1v) is 6.76. The summed E-state index contributed by atoms with van der Waals surface area (Å²) in [5.74, 6) is 0. The minimum Gasteiger partial charge on any atom is -0.313 e. The van der Waals surface area contributed by atoms with Gasteiger partial charge in [0.1, 0.15) is 18.5 Å². The van der Waals surface area contributed by atoms with Crippen molar-refractivity contribution in [1.29, 1.82) is 10.5 Å². The van der Waals surface area contributed by atoms with Crippen LogP contribution in [0.1, 0.15) is 29.9 Å². The molecule has 0 radical (unpaired) electrons. The maximum absolute atomic E-state index is 9.25. The second kappa shape index (κ2) is 5.87. The molecule has 5 nitrogen and oxygen atoms in total. The summed E-state index contributed by atoms with van der Waals surface area (Å²) < 4.78 is 2.54. The predicted molar refractivity (Wildman–Crippen MR) is 78.2 cm³/mol. The number of nitrogens with zero attached hydrogens (tertiary/aromatic N) is 4. The van der Waals surface area contributed by atoms with Crippen LogP contribution in [0.2, 0.25) is 0 Å². The lowest BCUT2D eigenvalue weighted by Crippen LogP contribution is -2.15. The average Bonchev–Trinajstić information content (AvgIpc) is 2.89. The number of halogens is 1. The maximum Gasteiger partial charge on any atom is 0.177 e. The van der Waals surface area contributed by atoms with E-state index in [1.807, 2.05) is 44.3 Å². The lowest BCUT2D eigenvalue weighted by atomic mass is 10.1.